The van der Waals surface area contributed by atoms with Gasteiger partial charge in [-0.2, -0.15) is 13.2 Å². The van der Waals surface area contributed by atoms with E-state index in [2.05, 4.69) is 15.9 Å². The third-order valence-corrected chi connectivity index (χ3v) is 4.28. The van der Waals surface area contributed by atoms with E-state index in [4.69, 9.17) is 0 Å². The fourth-order valence-corrected chi connectivity index (χ4v) is 3.05. The van der Waals surface area contributed by atoms with Crippen molar-refractivity contribution in [1.29, 1.82) is 0 Å². The number of halogens is 4. The van der Waals surface area contributed by atoms with Crippen LogP contribution in [0.4, 0.5) is 18.9 Å². The van der Waals surface area contributed by atoms with Crippen LogP contribution in [0, 0.1) is 5.92 Å². The molecule has 1 aromatic rings. The number of amides is 1. The molecule has 1 fully saturated rings. The molecule has 0 atom stereocenters. The molecule has 0 bridgehead atoms. The van der Waals surface area contributed by atoms with Crippen molar-refractivity contribution in [2.24, 2.45) is 5.92 Å². The number of carbonyl (C=O) groups excluding carboxylic acids is 1. The number of rotatable bonds is 1. The smallest absolute Gasteiger partial charge is 0.312 e. The Bertz CT molecular complexity index is 552. The topological polar surface area (TPSA) is 20.3 Å². The van der Waals surface area contributed by atoms with Crippen LogP contribution in [0.15, 0.2) is 16.6 Å². The lowest BCUT2D eigenvalue weighted by Gasteiger charge is -2.19. The largest absolute Gasteiger partial charge is 0.416 e. The fourth-order valence-electron chi connectivity index (χ4n) is 2.40. The molecular formula is C13H11BrF3NO. The lowest BCUT2D eigenvalue weighted by molar-refractivity contribution is -0.137. The van der Waals surface area contributed by atoms with E-state index in [1.54, 1.807) is 0 Å². The Morgan fingerprint density at radius 1 is 1.32 bits per heavy atom. The van der Waals surface area contributed by atoms with E-state index in [1.165, 1.54) is 4.90 Å². The van der Waals surface area contributed by atoms with Crippen molar-refractivity contribution in [1.82, 2.24) is 0 Å². The van der Waals surface area contributed by atoms with Gasteiger partial charge in [0.05, 0.1) is 5.56 Å². The predicted molar refractivity (Wildman–Crippen MR) is 67.9 cm³/mol. The Labute approximate surface area is 116 Å². The Balaban J connectivity index is 2.03. The summed E-state index contributed by atoms with van der Waals surface area (Å²) in [5.41, 5.74) is 0.495. The molecule has 0 spiro atoms. The fraction of sp³-hybridized carbons (Fsp3) is 0.462. The first-order valence-electron chi connectivity index (χ1n) is 6.09. The summed E-state index contributed by atoms with van der Waals surface area (Å²) < 4.78 is 38.9. The van der Waals surface area contributed by atoms with Crippen LogP contribution in [-0.2, 0) is 17.4 Å². The average Bonchev–Trinajstić information content (AvgIpc) is 3.07. The Hall–Kier alpha value is -1.04. The van der Waals surface area contributed by atoms with E-state index in [-0.39, 0.29) is 11.8 Å². The number of benzene rings is 1. The lowest BCUT2D eigenvalue weighted by atomic mass is 10.1. The predicted octanol–water partition coefficient (Wildman–Crippen LogP) is 3.77. The van der Waals surface area contributed by atoms with Crippen molar-refractivity contribution in [2.45, 2.75) is 25.4 Å². The number of hydrogen-bond donors (Lipinski definition) is 0. The molecule has 102 valence electrons. The summed E-state index contributed by atoms with van der Waals surface area (Å²) in [6.45, 7) is 0.477. The van der Waals surface area contributed by atoms with Crippen LogP contribution in [-0.4, -0.2) is 12.5 Å². The van der Waals surface area contributed by atoms with Crippen LogP contribution in [0.25, 0.3) is 0 Å². The number of alkyl halides is 3. The van der Waals surface area contributed by atoms with Gasteiger partial charge in [-0.3, -0.25) is 4.79 Å². The first-order valence-corrected chi connectivity index (χ1v) is 6.88. The van der Waals surface area contributed by atoms with Crippen molar-refractivity contribution in [2.75, 3.05) is 11.4 Å². The Morgan fingerprint density at radius 2 is 2.00 bits per heavy atom. The molecule has 0 N–H and O–H groups in total. The number of nitrogens with zero attached hydrogens (tertiary/aromatic N) is 1. The number of anilines is 1. The van der Waals surface area contributed by atoms with Crippen LogP contribution >= 0.6 is 15.9 Å². The summed E-state index contributed by atoms with van der Waals surface area (Å²) in [4.78, 5) is 13.6. The van der Waals surface area contributed by atoms with Crippen molar-refractivity contribution in [3.63, 3.8) is 0 Å². The molecule has 3 rings (SSSR count). The van der Waals surface area contributed by atoms with Crippen LogP contribution in [0.1, 0.15) is 24.0 Å². The third-order valence-electron chi connectivity index (χ3n) is 3.57. The van der Waals surface area contributed by atoms with Gasteiger partial charge < -0.3 is 4.90 Å². The van der Waals surface area contributed by atoms with Crippen LogP contribution < -0.4 is 4.90 Å². The second-order valence-corrected chi connectivity index (χ2v) is 5.82. The van der Waals surface area contributed by atoms with E-state index >= 15 is 0 Å². The molecule has 1 aromatic carbocycles. The van der Waals surface area contributed by atoms with Gasteiger partial charge >= 0.3 is 6.18 Å². The summed E-state index contributed by atoms with van der Waals surface area (Å²) in [6.07, 6.45) is -2.09. The normalized spacial score (nSPS) is 18.6. The lowest BCUT2D eigenvalue weighted by Crippen LogP contribution is -2.30. The summed E-state index contributed by atoms with van der Waals surface area (Å²) in [5, 5.41) is 0. The minimum atomic E-state index is -4.39. The number of fused-ring (bicyclic) bond motifs is 1. The minimum Gasteiger partial charge on any atom is -0.312 e. The SMILES string of the molecule is O=C(C1CC1)N1CCc2c(Br)cc(C(F)(F)F)cc21. The van der Waals surface area contributed by atoms with Gasteiger partial charge in [-0.05, 0) is 37.0 Å². The molecule has 1 heterocycles. The molecule has 19 heavy (non-hydrogen) atoms. The van der Waals surface area contributed by atoms with Crippen molar-refractivity contribution in [3.05, 3.63) is 27.7 Å². The first kappa shape index (κ1) is 13.0. The molecular weight excluding hydrogens is 323 g/mol. The Kier molecular flexibility index (Phi) is 2.89. The molecule has 1 saturated carbocycles. The van der Waals surface area contributed by atoms with Gasteiger partial charge in [0.1, 0.15) is 0 Å². The van der Waals surface area contributed by atoms with Gasteiger partial charge in [-0.15, -0.1) is 0 Å². The minimum absolute atomic E-state index is 0.0132. The highest BCUT2D eigenvalue weighted by Crippen LogP contribution is 2.42. The van der Waals surface area contributed by atoms with Crippen molar-refractivity contribution < 1.29 is 18.0 Å². The van der Waals surface area contributed by atoms with Gasteiger partial charge in [-0.1, -0.05) is 15.9 Å². The van der Waals surface area contributed by atoms with Crippen LogP contribution in [0.2, 0.25) is 0 Å². The van der Waals surface area contributed by atoms with E-state index in [0.29, 0.717) is 23.1 Å². The monoisotopic (exact) mass is 333 g/mol. The average molecular weight is 334 g/mol. The standard InChI is InChI=1S/C13H11BrF3NO/c14-10-5-8(13(15,16)17)6-11-9(10)3-4-18(11)12(19)7-1-2-7/h5-7H,1-4H2. The number of carbonyl (C=O) groups is 1. The van der Waals surface area contributed by atoms with E-state index < -0.39 is 11.7 Å². The molecule has 2 nitrogen and oxygen atoms in total. The zero-order valence-electron chi connectivity index (χ0n) is 9.93. The van der Waals surface area contributed by atoms with E-state index in [1.807, 2.05) is 0 Å². The zero-order valence-corrected chi connectivity index (χ0v) is 11.5. The molecule has 0 unspecified atom stereocenters. The first-order chi connectivity index (χ1) is 8.88. The van der Waals surface area contributed by atoms with Crippen molar-refractivity contribution in [3.8, 4) is 0 Å². The van der Waals surface area contributed by atoms with Gasteiger partial charge in [0.15, 0.2) is 0 Å². The highest BCUT2D eigenvalue weighted by atomic mass is 79.9. The van der Waals surface area contributed by atoms with Gasteiger partial charge in [0, 0.05) is 22.6 Å². The van der Waals surface area contributed by atoms with Gasteiger partial charge in [0.25, 0.3) is 0 Å². The maximum atomic E-state index is 12.8. The summed E-state index contributed by atoms with van der Waals surface area (Å²) in [6, 6.07) is 2.18. The number of hydrogen-bond acceptors (Lipinski definition) is 1. The summed E-state index contributed by atoms with van der Waals surface area (Å²) in [7, 11) is 0. The Morgan fingerprint density at radius 3 is 2.58 bits per heavy atom. The summed E-state index contributed by atoms with van der Waals surface area (Å²) >= 11 is 3.18. The maximum absolute atomic E-state index is 12.8. The third kappa shape index (κ3) is 2.26. The van der Waals surface area contributed by atoms with Crippen LogP contribution in [0.5, 0.6) is 0 Å². The zero-order chi connectivity index (χ0) is 13.8. The highest BCUT2D eigenvalue weighted by Gasteiger charge is 2.39. The van der Waals surface area contributed by atoms with Crippen molar-refractivity contribution >= 4 is 27.5 Å². The molecule has 0 aromatic heterocycles. The maximum Gasteiger partial charge on any atom is 0.416 e. The van der Waals surface area contributed by atoms with Crippen LogP contribution in [0.3, 0.4) is 0 Å². The second kappa shape index (κ2) is 4.23. The van der Waals surface area contributed by atoms with E-state index in [9.17, 15) is 18.0 Å². The highest BCUT2D eigenvalue weighted by molar-refractivity contribution is 9.10. The van der Waals surface area contributed by atoms with Gasteiger partial charge in [-0.25, -0.2) is 0 Å². The molecule has 0 saturated heterocycles. The molecule has 2 aliphatic rings. The van der Waals surface area contributed by atoms with Gasteiger partial charge in [0.2, 0.25) is 5.91 Å². The molecule has 6 heteroatoms. The quantitative estimate of drug-likeness (QED) is 0.766. The molecule has 1 aliphatic carbocycles. The molecule has 0 radical (unpaired) electrons. The summed E-state index contributed by atoms with van der Waals surface area (Å²) in [5.74, 6) is -0.0238. The molecule has 1 aliphatic heterocycles. The second-order valence-electron chi connectivity index (χ2n) is 4.97. The van der Waals surface area contributed by atoms with E-state index in [0.717, 1.165) is 30.5 Å². The molecule has 1 amide bonds.